The molecule has 0 atom stereocenters. The van der Waals surface area contributed by atoms with Gasteiger partial charge in [-0.15, -0.1) is 0 Å². The van der Waals surface area contributed by atoms with E-state index >= 15 is 0 Å². The molecule has 0 aliphatic rings. The first-order valence-electron chi connectivity index (χ1n) is 6.94. The van der Waals surface area contributed by atoms with Crippen LogP contribution < -0.4 is 5.63 Å². The molecule has 4 nitrogen and oxygen atoms in total. The van der Waals surface area contributed by atoms with E-state index in [2.05, 4.69) is 4.99 Å². The topological polar surface area (TPSA) is 62.8 Å². The lowest BCUT2D eigenvalue weighted by atomic mass is 10.1. The summed E-state index contributed by atoms with van der Waals surface area (Å²) in [6, 6.07) is 14.5. The standard InChI is InChI=1S/C18H15NO3/c1-11-7-3-5-9-14(11)19-12(2)16-17(20)13-8-4-6-10-15(13)22-18(16)21/h3-10,20H,1-2H3. The van der Waals surface area contributed by atoms with E-state index in [1.165, 1.54) is 0 Å². The van der Waals surface area contributed by atoms with Crippen molar-refractivity contribution in [1.29, 1.82) is 0 Å². The SMILES string of the molecule is CC(=Nc1ccccc1C)c1c(O)c2ccccc2oc1=O. The van der Waals surface area contributed by atoms with Gasteiger partial charge in [0.1, 0.15) is 16.9 Å². The third-order valence-corrected chi connectivity index (χ3v) is 3.55. The molecular weight excluding hydrogens is 278 g/mol. The van der Waals surface area contributed by atoms with Crippen molar-refractivity contribution in [2.24, 2.45) is 4.99 Å². The number of benzene rings is 2. The van der Waals surface area contributed by atoms with Gasteiger partial charge in [0.25, 0.3) is 0 Å². The minimum absolute atomic E-state index is 0.0957. The van der Waals surface area contributed by atoms with Gasteiger partial charge >= 0.3 is 5.63 Å². The monoisotopic (exact) mass is 293 g/mol. The molecule has 0 spiro atoms. The maximum atomic E-state index is 12.2. The molecule has 0 bridgehead atoms. The Kier molecular flexibility index (Phi) is 3.51. The summed E-state index contributed by atoms with van der Waals surface area (Å²) in [5.74, 6) is -0.0957. The van der Waals surface area contributed by atoms with Crippen molar-refractivity contribution in [2.75, 3.05) is 0 Å². The van der Waals surface area contributed by atoms with E-state index in [1.807, 2.05) is 31.2 Å². The molecule has 0 saturated carbocycles. The van der Waals surface area contributed by atoms with E-state index in [-0.39, 0.29) is 11.3 Å². The second kappa shape index (κ2) is 5.48. The predicted octanol–water partition coefficient (Wildman–Crippen LogP) is 3.95. The van der Waals surface area contributed by atoms with Gasteiger partial charge in [-0.1, -0.05) is 30.3 Å². The molecule has 3 aromatic rings. The maximum Gasteiger partial charge on any atom is 0.349 e. The second-order valence-corrected chi connectivity index (χ2v) is 5.09. The van der Waals surface area contributed by atoms with Crippen LogP contribution in [-0.2, 0) is 0 Å². The molecule has 1 heterocycles. The number of hydrogen-bond donors (Lipinski definition) is 1. The van der Waals surface area contributed by atoms with E-state index < -0.39 is 5.63 Å². The van der Waals surface area contributed by atoms with E-state index in [9.17, 15) is 9.90 Å². The first-order valence-corrected chi connectivity index (χ1v) is 6.94. The molecule has 1 N–H and O–H groups in total. The fourth-order valence-electron chi connectivity index (χ4n) is 2.38. The number of fused-ring (bicyclic) bond motifs is 1. The smallest absolute Gasteiger partial charge is 0.349 e. The highest BCUT2D eigenvalue weighted by Crippen LogP contribution is 2.27. The Bertz CT molecular complexity index is 938. The molecule has 4 heteroatoms. The molecule has 1 aromatic heterocycles. The van der Waals surface area contributed by atoms with Crippen molar-refractivity contribution in [3.63, 3.8) is 0 Å². The zero-order valence-electron chi connectivity index (χ0n) is 12.3. The molecule has 110 valence electrons. The largest absolute Gasteiger partial charge is 0.506 e. The number of aliphatic imine (C=N–C) groups is 1. The molecule has 22 heavy (non-hydrogen) atoms. The van der Waals surface area contributed by atoms with Crippen LogP contribution in [0.25, 0.3) is 11.0 Å². The Morgan fingerprint density at radius 2 is 1.77 bits per heavy atom. The summed E-state index contributed by atoms with van der Waals surface area (Å²) in [5, 5.41) is 10.9. The van der Waals surface area contributed by atoms with Gasteiger partial charge < -0.3 is 9.52 Å². The molecule has 0 aliphatic heterocycles. The van der Waals surface area contributed by atoms with Gasteiger partial charge in [-0.3, -0.25) is 4.99 Å². The van der Waals surface area contributed by atoms with Crippen LogP contribution in [0.5, 0.6) is 5.75 Å². The van der Waals surface area contributed by atoms with Crippen molar-refractivity contribution in [3.05, 3.63) is 70.1 Å². The minimum atomic E-state index is -0.592. The van der Waals surface area contributed by atoms with Crippen molar-refractivity contribution < 1.29 is 9.52 Å². The number of nitrogens with zero attached hydrogens (tertiary/aromatic N) is 1. The fraction of sp³-hybridized carbons (Fsp3) is 0.111. The van der Waals surface area contributed by atoms with Crippen molar-refractivity contribution >= 4 is 22.4 Å². The van der Waals surface area contributed by atoms with Gasteiger partial charge in [-0.2, -0.15) is 0 Å². The van der Waals surface area contributed by atoms with Crippen LogP contribution in [0.1, 0.15) is 18.1 Å². The average molecular weight is 293 g/mol. The summed E-state index contributed by atoms with van der Waals surface area (Å²) >= 11 is 0. The molecule has 0 fully saturated rings. The first-order chi connectivity index (χ1) is 10.6. The van der Waals surface area contributed by atoms with Gasteiger partial charge in [-0.05, 0) is 37.6 Å². The molecule has 0 aliphatic carbocycles. The highest BCUT2D eigenvalue weighted by atomic mass is 16.4. The van der Waals surface area contributed by atoms with Gasteiger partial charge in [0.15, 0.2) is 0 Å². The zero-order chi connectivity index (χ0) is 15.7. The Morgan fingerprint density at radius 3 is 2.55 bits per heavy atom. The van der Waals surface area contributed by atoms with E-state index in [1.54, 1.807) is 31.2 Å². The summed E-state index contributed by atoms with van der Waals surface area (Å²) in [6.45, 7) is 3.63. The Hall–Kier alpha value is -2.88. The van der Waals surface area contributed by atoms with Crippen molar-refractivity contribution in [2.45, 2.75) is 13.8 Å². The van der Waals surface area contributed by atoms with Gasteiger partial charge in [0, 0.05) is 0 Å². The summed E-state index contributed by atoms with van der Waals surface area (Å²) in [7, 11) is 0. The van der Waals surface area contributed by atoms with Crippen molar-refractivity contribution in [1.82, 2.24) is 0 Å². The van der Waals surface area contributed by atoms with Gasteiger partial charge in [0.05, 0.1) is 16.8 Å². The van der Waals surface area contributed by atoms with Crippen LogP contribution >= 0.6 is 0 Å². The lowest BCUT2D eigenvalue weighted by Crippen LogP contribution is -2.12. The van der Waals surface area contributed by atoms with Crippen LogP contribution in [0, 0.1) is 6.92 Å². The Balaban J connectivity index is 2.22. The zero-order valence-corrected chi connectivity index (χ0v) is 12.3. The highest BCUT2D eigenvalue weighted by molar-refractivity contribution is 6.05. The third-order valence-electron chi connectivity index (χ3n) is 3.55. The number of aryl methyl sites for hydroxylation is 1. The van der Waals surface area contributed by atoms with Crippen LogP contribution in [0.4, 0.5) is 5.69 Å². The number of rotatable bonds is 2. The first kappa shape index (κ1) is 14.1. The van der Waals surface area contributed by atoms with Crippen LogP contribution in [0.2, 0.25) is 0 Å². The Labute approximate surface area is 127 Å². The third kappa shape index (κ3) is 2.39. The molecule has 2 aromatic carbocycles. The van der Waals surface area contributed by atoms with Gasteiger partial charge in [0.2, 0.25) is 0 Å². The number of aromatic hydroxyl groups is 1. The molecule has 0 unspecified atom stereocenters. The molecule has 0 amide bonds. The predicted molar refractivity (Wildman–Crippen MR) is 87.2 cm³/mol. The summed E-state index contributed by atoms with van der Waals surface area (Å²) < 4.78 is 5.27. The highest BCUT2D eigenvalue weighted by Gasteiger charge is 2.16. The lowest BCUT2D eigenvalue weighted by molar-refractivity contribution is 0.466. The lowest BCUT2D eigenvalue weighted by Gasteiger charge is -2.07. The van der Waals surface area contributed by atoms with E-state index in [0.717, 1.165) is 11.3 Å². The summed E-state index contributed by atoms with van der Waals surface area (Å²) in [6.07, 6.45) is 0. The quantitative estimate of drug-likeness (QED) is 0.575. The van der Waals surface area contributed by atoms with Crippen LogP contribution in [0.3, 0.4) is 0 Å². The number of hydrogen-bond acceptors (Lipinski definition) is 4. The fourth-order valence-corrected chi connectivity index (χ4v) is 2.38. The average Bonchev–Trinajstić information content (AvgIpc) is 2.49. The van der Waals surface area contributed by atoms with Gasteiger partial charge in [-0.25, -0.2) is 4.79 Å². The molecular formula is C18H15NO3. The van der Waals surface area contributed by atoms with E-state index in [0.29, 0.717) is 16.7 Å². The number of para-hydroxylation sites is 2. The normalized spacial score (nSPS) is 11.8. The minimum Gasteiger partial charge on any atom is -0.506 e. The maximum absolute atomic E-state index is 12.2. The van der Waals surface area contributed by atoms with Crippen LogP contribution in [0.15, 0.2) is 62.7 Å². The van der Waals surface area contributed by atoms with Crippen molar-refractivity contribution in [3.8, 4) is 5.75 Å². The Morgan fingerprint density at radius 1 is 1.09 bits per heavy atom. The molecule has 0 saturated heterocycles. The molecule has 0 radical (unpaired) electrons. The second-order valence-electron chi connectivity index (χ2n) is 5.09. The summed E-state index contributed by atoms with van der Waals surface area (Å²) in [5.41, 5.74) is 2.04. The summed E-state index contributed by atoms with van der Waals surface area (Å²) in [4.78, 5) is 16.6. The molecule has 3 rings (SSSR count). The van der Waals surface area contributed by atoms with E-state index in [4.69, 9.17) is 4.42 Å². The van der Waals surface area contributed by atoms with Crippen LogP contribution in [-0.4, -0.2) is 10.8 Å².